The van der Waals surface area contributed by atoms with E-state index in [9.17, 15) is 19.7 Å². The molecular formula is C20H16N6O4. The molecule has 0 fully saturated rings. The minimum absolute atomic E-state index is 0.209. The Morgan fingerprint density at radius 1 is 1.30 bits per heavy atom. The summed E-state index contributed by atoms with van der Waals surface area (Å²) in [6.07, 6.45) is 3.04. The lowest BCUT2D eigenvalue weighted by atomic mass is 10.0. The number of nitro groups is 1. The lowest BCUT2D eigenvalue weighted by Crippen LogP contribution is -2.32. The van der Waals surface area contributed by atoms with Gasteiger partial charge in [0.2, 0.25) is 5.91 Å². The molecule has 0 bridgehead atoms. The van der Waals surface area contributed by atoms with Crippen LogP contribution in [0.25, 0.3) is 16.9 Å². The van der Waals surface area contributed by atoms with Crippen LogP contribution in [0.4, 0.5) is 11.5 Å². The zero-order valence-corrected chi connectivity index (χ0v) is 15.7. The summed E-state index contributed by atoms with van der Waals surface area (Å²) in [7, 11) is 0. The molecular weight excluding hydrogens is 388 g/mol. The molecule has 3 aromatic rings. The fraction of sp³-hybridized carbons (Fsp3) is 0.100. The van der Waals surface area contributed by atoms with E-state index < -0.39 is 10.8 Å². The van der Waals surface area contributed by atoms with Gasteiger partial charge in [0.05, 0.1) is 23.1 Å². The first-order valence-corrected chi connectivity index (χ1v) is 9.02. The number of fused-ring (bicyclic) bond motifs is 1. The predicted molar refractivity (Wildman–Crippen MR) is 108 cm³/mol. The normalized spacial score (nSPS) is 12.6. The van der Waals surface area contributed by atoms with Gasteiger partial charge < -0.3 is 20.7 Å². The highest BCUT2D eigenvalue weighted by Gasteiger charge is 2.27. The Bertz CT molecular complexity index is 1200. The van der Waals surface area contributed by atoms with Crippen LogP contribution in [-0.2, 0) is 11.2 Å². The van der Waals surface area contributed by atoms with Crippen LogP contribution in [0.5, 0.6) is 0 Å². The zero-order chi connectivity index (χ0) is 21.3. The highest BCUT2D eigenvalue weighted by atomic mass is 16.6. The zero-order valence-electron chi connectivity index (χ0n) is 15.7. The Kier molecular flexibility index (Phi) is 4.80. The number of nitrogens with one attached hydrogen (secondary N) is 2. The van der Waals surface area contributed by atoms with E-state index in [4.69, 9.17) is 0 Å². The maximum absolute atomic E-state index is 11.9. The molecule has 4 rings (SSSR count). The molecule has 1 aromatic carbocycles. The van der Waals surface area contributed by atoms with E-state index >= 15 is 0 Å². The van der Waals surface area contributed by atoms with Crippen LogP contribution in [-0.4, -0.2) is 38.0 Å². The second kappa shape index (κ2) is 7.59. The highest BCUT2D eigenvalue weighted by molar-refractivity contribution is 5.99. The van der Waals surface area contributed by atoms with Crippen molar-refractivity contribution in [3.63, 3.8) is 0 Å². The van der Waals surface area contributed by atoms with Crippen molar-refractivity contribution < 1.29 is 14.5 Å². The van der Waals surface area contributed by atoms with Crippen molar-refractivity contribution in [3.05, 3.63) is 76.6 Å². The number of hydrogen-bond donors (Lipinski definition) is 2. The fourth-order valence-electron chi connectivity index (χ4n) is 3.23. The number of benzene rings is 1. The molecule has 0 aliphatic carbocycles. The molecule has 0 unspecified atom stereocenters. The smallest absolute Gasteiger partial charge is 0.358 e. The number of carbonyl (C=O) groups is 2. The summed E-state index contributed by atoms with van der Waals surface area (Å²) < 4.78 is 1.17. The van der Waals surface area contributed by atoms with Gasteiger partial charge in [0.1, 0.15) is 5.56 Å². The predicted octanol–water partition coefficient (Wildman–Crippen LogP) is 2.25. The van der Waals surface area contributed by atoms with E-state index in [1.54, 1.807) is 36.4 Å². The summed E-state index contributed by atoms with van der Waals surface area (Å²) >= 11 is 0. The fourth-order valence-corrected chi connectivity index (χ4v) is 3.23. The van der Waals surface area contributed by atoms with E-state index in [0.29, 0.717) is 41.3 Å². The third-order valence-electron chi connectivity index (χ3n) is 4.60. The monoisotopic (exact) mass is 404 g/mol. The topological polar surface area (TPSA) is 132 Å². The molecule has 0 spiro atoms. The summed E-state index contributed by atoms with van der Waals surface area (Å²) in [6, 6.07) is 9.68. The Balaban J connectivity index is 1.78. The molecule has 10 nitrogen and oxygen atoms in total. The third kappa shape index (κ3) is 3.41. The summed E-state index contributed by atoms with van der Waals surface area (Å²) in [5, 5.41) is 21.4. The molecule has 2 aromatic heterocycles. The van der Waals surface area contributed by atoms with Crippen LogP contribution in [0, 0.1) is 10.1 Å². The first-order valence-electron chi connectivity index (χ1n) is 9.02. The van der Waals surface area contributed by atoms with Crippen molar-refractivity contribution in [2.45, 2.75) is 6.42 Å². The molecule has 30 heavy (non-hydrogen) atoms. The number of aromatic nitrogens is 3. The van der Waals surface area contributed by atoms with E-state index in [0.717, 1.165) is 6.08 Å². The second-order valence-corrected chi connectivity index (χ2v) is 6.49. The maximum atomic E-state index is 11.9. The molecule has 3 heterocycles. The van der Waals surface area contributed by atoms with Gasteiger partial charge in [0.25, 0.3) is 5.91 Å². The number of nitrogens with zero attached hydrogens (tertiary/aromatic N) is 4. The number of carbonyl (C=O) groups excluding carboxylic acids is 2. The van der Waals surface area contributed by atoms with Crippen molar-refractivity contribution >= 4 is 23.3 Å². The minimum atomic E-state index is -0.537. The Morgan fingerprint density at radius 2 is 2.13 bits per heavy atom. The van der Waals surface area contributed by atoms with Gasteiger partial charge in [0.15, 0.2) is 5.69 Å². The van der Waals surface area contributed by atoms with Gasteiger partial charge in [-0.25, -0.2) is 0 Å². The molecule has 10 heteroatoms. The lowest BCUT2D eigenvalue weighted by Gasteiger charge is -2.15. The van der Waals surface area contributed by atoms with Crippen molar-refractivity contribution in [3.8, 4) is 16.9 Å². The highest BCUT2D eigenvalue weighted by Crippen LogP contribution is 2.32. The van der Waals surface area contributed by atoms with Crippen LogP contribution >= 0.6 is 0 Å². The van der Waals surface area contributed by atoms with Crippen LogP contribution in [0.3, 0.4) is 0 Å². The molecule has 150 valence electrons. The van der Waals surface area contributed by atoms with Crippen molar-refractivity contribution in [1.82, 2.24) is 20.1 Å². The van der Waals surface area contributed by atoms with Gasteiger partial charge in [-0.05, 0) is 35.3 Å². The average Bonchev–Trinajstić information content (AvgIpc) is 3.19. The molecule has 2 N–H and O–H groups in total. The summed E-state index contributed by atoms with van der Waals surface area (Å²) in [4.78, 5) is 39.3. The van der Waals surface area contributed by atoms with Crippen molar-refractivity contribution in [1.29, 1.82) is 0 Å². The number of amides is 2. The van der Waals surface area contributed by atoms with Crippen LogP contribution in [0.1, 0.15) is 16.1 Å². The van der Waals surface area contributed by atoms with Crippen molar-refractivity contribution in [2.24, 2.45) is 0 Å². The molecule has 1 aliphatic heterocycles. The molecule has 0 radical (unpaired) electrons. The SMILES string of the molecule is C=CC(=O)Nc1cccc(-n2ncc(-c3ccc4c(n3)CCNC4=O)c2[N+](=O)[O-])c1. The van der Waals surface area contributed by atoms with Crippen molar-refractivity contribution in [2.75, 3.05) is 11.9 Å². The molecule has 2 amide bonds. The summed E-state index contributed by atoms with van der Waals surface area (Å²) in [5.41, 5.74) is 2.48. The largest absolute Gasteiger partial charge is 0.359 e. The van der Waals surface area contributed by atoms with E-state index in [1.807, 2.05) is 0 Å². The number of hydrogen-bond acceptors (Lipinski definition) is 6. The van der Waals surface area contributed by atoms with Gasteiger partial charge >= 0.3 is 5.82 Å². The summed E-state index contributed by atoms with van der Waals surface area (Å²) in [5.74, 6) is -0.876. The first kappa shape index (κ1) is 19.0. The summed E-state index contributed by atoms with van der Waals surface area (Å²) in [6.45, 7) is 3.86. The number of anilines is 1. The van der Waals surface area contributed by atoms with Gasteiger partial charge in [0, 0.05) is 24.7 Å². The molecule has 1 aliphatic rings. The molecule has 0 saturated carbocycles. The van der Waals surface area contributed by atoms with Crippen LogP contribution < -0.4 is 10.6 Å². The quantitative estimate of drug-likeness (QED) is 0.381. The van der Waals surface area contributed by atoms with Gasteiger partial charge in [-0.2, -0.15) is 0 Å². The number of rotatable bonds is 5. The van der Waals surface area contributed by atoms with Crippen LogP contribution in [0.15, 0.2) is 55.3 Å². The lowest BCUT2D eigenvalue weighted by molar-refractivity contribution is -0.390. The van der Waals surface area contributed by atoms with Gasteiger partial charge in [-0.1, -0.05) is 22.4 Å². The second-order valence-electron chi connectivity index (χ2n) is 6.49. The Morgan fingerprint density at radius 3 is 2.90 bits per heavy atom. The van der Waals surface area contributed by atoms with E-state index in [2.05, 4.69) is 27.3 Å². The first-order chi connectivity index (χ1) is 14.5. The van der Waals surface area contributed by atoms with E-state index in [1.165, 1.54) is 10.9 Å². The molecule has 0 saturated heterocycles. The Labute approximate surface area is 170 Å². The number of pyridine rings is 1. The van der Waals surface area contributed by atoms with Gasteiger partial charge in [-0.3, -0.25) is 14.6 Å². The maximum Gasteiger partial charge on any atom is 0.359 e. The van der Waals surface area contributed by atoms with E-state index in [-0.39, 0.29) is 17.3 Å². The van der Waals surface area contributed by atoms with Gasteiger partial charge in [-0.15, -0.1) is 0 Å². The average molecular weight is 404 g/mol. The van der Waals surface area contributed by atoms with Crippen LogP contribution in [0.2, 0.25) is 0 Å². The Hall–Kier alpha value is -4.34. The minimum Gasteiger partial charge on any atom is -0.358 e. The molecule has 0 atom stereocenters. The standard InChI is InChI=1S/C20H16N6O4/c1-2-18(27)23-12-4-3-5-13(10-12)25-20(26(29)30)15(11-22-25)16-7-6-14-17(24-16)8-9-21-19(14)28/h2-7,10-11H,1,8-9H2,(H,21,28)(H,23,27). The third-order valence-corrected chi connectivity index (χ3v) is 4.60.